The smallest absolute Gasteiger partial charge is 0.339 e. The van der Waals surface area contributed by atoms with E-state index in [-0.39, 0.29) is 23.6 Å². The molecule has 1 aromatic carbocycles. The molecule has 0 aliphatic rings. The molecule has 2 rings (SSSR count). The summed E-state index contributed by atoms with van der Waals surface area (Å²) in [6, 6.07) is 3.45. The maximum atomic E-state index is 11.1. The van der Waals surface area contributed by atoms with Crippen LogP contribution < -0.4 is 4.74 Å². The van der Waals surface area contributed by atoms with E-state index in [2.05, 4.69) is 4.98 Å². The maximum Gasteiger partial charge on any atom is 0.339 e. The van der Waals surface area contributed by atoms with Gasteiger partial charge in [0.1, 0.15) is 17.9 Å². The fourth-order valence-corrected chi connectivity index (χ4v) is 1.60. The summed E-state index contributed by atoms with van der Waals surface area (Å²) in [7, 11) is 1.78. The number of non-ortho nitro benzene ring substituents is 1. The molecule has 1 N–H and O–H groups in total. The Balaban J connectivity index is 2.25. The molecule has 1 aromatic heterocycles. The molecule has 0 amide bonds. The molecule has 0 aliphatic carbocycles. The van der Waals surface area contributed by atoms with Gasteiger partial charge in [0.05, 0.1) is 23.1 Å². The van der Waals surface area contributed by atoms with Gasteiger partial charge in [-0.3, -0.25) is 10.1 Å². The Kier molecular flexibility index (Phi) is 3.65. The van der Waals surface area contributed by atoms with E-state index in [9.17, 15) is 14.9 Å². The van der Waals surface area contributed by atoms with Gasteiger partial charge in [0.15, 0.2) is 0 Å². The molecule has 8 nitrogen and oxygen atoms in total. The van der Waals surface area contributed by atoms with E-state index in [4.69, 9.17) is 9.84 Å². The van der Waals surface area contributed by atoms with Gasteiger partial charge in [-0.1, -0.05) is 0 Å². The number of rotatable bonds is 5. The third-order valence-corrected chi connectivity index (χ3v) is 2.70. The lowest BCUT2D eigenvalue weighted by Gasteiger charge is -2.09. The molecule has 20 heavy (non-hydrogen) atoms. The second-order valence-electron chi connectivity index (χ2n) is 4.03. The van der Waals surface area contributed by atoms with Crippen LogP contribution in [0.25, 0.3) is 0 Å². The Morgan fingerprint density at radius 3 is 2.85 bits per heavy atom. The van der Waals surface area contributed by atoms with E-state index >= 15 is 0 Å². The van der Waals surface area contributed by atoms with Crippen LogP contribution in [0, 0.1) is 10.1 Å². The van der Waals surface area contributed by atoms with Gasteiger partial charge in [0, 0.05) is 19.2 Å². The van der Waals surface area contributed by atoms with Crippen molar-refractivity contribution in [3.63, 3.8) is 0 Å². The van der Waals surface area contributed by atoms with Crippen molar-refractivity contribution in [3.8, 4) is 5.75 Å². The van der Waals surface area contributed by atoms with Gasteiger partial charge in [0.2, 0.25) is 0 Å². The summed E-state index contributed by atoms with van der Waals surface area (Å²) in [6.45, 7) is 0.120. The van der Waals surface area contributed by atoms with Crippen LogP contribution in [0.3, 0.4) is 0 Å². The molecule has 104 valence electrons. The molecule has 0 atom stereocenters. The van der Waals surface area contributed by atoms with Crippen molar-refractivity contribution in [1.82, 2.24) is 9.55 Å². The lowest BCUT2D eigenvalue weighted by Crippen LogP contribution is -2.06. The minimum atomic E-state index is -1.28. The van der Waals surface area contributed by atoms with Crippen molar-refractivity contribution in [2.75, 3.05) is 0 Å². The van der Waals surface area contributed by atoms with Crippen LogP contribution >= 0.6 is 0 Å². The number of hydrogen-bond acceptors (Lipinski definition) is 5. The number of ether oxygens (including phenoxy) is 1. The van der Waals surface area contributed by atoms with E-state index in [1.165, 1.54) is 12.1 Å². The summed E-state index contributed by atoms with van der Waals surface area (Å²) in [5.74, 6) is -1.21. The first-order valence-corrected chi connectivity index (χ1v) is 5.58. The fraction of sp³-hybridized carbons (Fsp3) is 0.167. The zero-order valence-corrected chi connectivity index (χ0v) is 10.5. The van der Waals surface area contributed by atoms with Gasteiger partial charge < -0.3 is 14.4 Å². The molecular weight excluding hydrogens is 266 g/mol. The molecule has 0 radical (unpaired) electrons. The molecule has 0 spiro atoms. The van der Waals surface area contributed by atoms with Crippen LogP contribution in [0.2, 0.25) is 0 Å². The quantitative estimate of drug-likeness (QED) is 0.657. The lowest BCUT2D eigenvalue weighted by molar-refractivity contribution is -0.384. The highest BCUT2D eigenvalue weighted by Crippen LogP contribution is 2.25. The van der Waals surface area contributed by atoms with Crippen molar-refractivity contribution in [3.05, 3.63) is 52.1 Å². The van der Waals surface area contributed by atoms with Crippen LogP contribution in [0.1, 0.15) is 16.1 Å². The molecule has 0 aliphatic heterocycles. The van der Waals surface area contributed by atoms with Crippen molar-refractivity contribution in [2.24, 2.45) is 7.05 Å². The molecule has 1 heterocycles. The second kappa shape index (κ2) is 5.39. The molecule has 0 unspecified atom stereocenters. The highest BCUT2D eigenvalue weighted by Gasteiger charge is 2.17. The number of hydrogen-bond donors (Lipinski definition) is 1. The van der Waals surface area contributed by atoms with Gasteiger partial charge in [-0.2, -0.15) is 0 Å². The first kappa shape index (κ1) is 13.5. The second-order valence-corrected chi connectivity index (χ2v) is 4.03. The third-order valence-electron chi connectivity index (χ3n) is 2.70. The predicted molar refractivity (Wildman–Crippen MR) is 67.6 cm³/mol. The Morgan fingerprint density at radius 1 is 1.55 bits per heavy atom. The number of nitrogens with zero attached hydrogens (tertiary/aromatic N) is 3. The normalized spacial score (nSPS) is 10.2. The number of aromatic carboxylic acids is 1. The molecule has 0 saturated heterocycles. The fourth-order valence-electron chi connectivity index (χ4n) is 1.60. The minimum Gasteiger partial charge on any atom is -0.486 e. The number of carboxylic acids is 1. The van der Waals surface area contributed by atoms with Crippen molar-refractivity contribution < 1.29 is 19.6 Å². The number of nitro groups is 1. The highest BCUT2D eigenvalue weighted by molar-refractivity contribution is 5.91. The summed E-state index contributed by atoms with van der Waals surface area (Å²) < 4.78 is 7.12. The van der Waals surface area contributed by atoms with E-state index in [0.717, 1.165) is 11.8 Å². The third kappa shape index (κ3) is 2.74. The summed E-state index contributed by atoms with van der Waals surface area (Å²) in [4.78, 5) is 25.0. The highest BCUT2D eigenvalue weighted by atomic mass is 16.6. The molecule has 8 heteroatoms. The minimum absolute atomic E-state index is 0.0734. The number of aromatic nitrogens is 2. The summed E-state index contributed by atoms with van der Waals surface area (Å²) in [6.07, 6.45) is 3.18. The molecule has 0 saturated carbocycles. The summed E-state index contributed by atoms with van der Waals surface area (Å²) in [5, 5.41) is 19.7. The molecule has 2 aromatic rings. The van der Waals surface area contributed by atoms with Crippen molar-refractivity contribution >= 4 is 11.7 Å². The van der Waals surface area contributed by atoms with Gasteiger partial charge in [-0.25, -0.2) is 9.78 Å². The van der Waals surface area contributed by atoms with Gasteiger partial charge in [0.25, 0.3) is 5.69 Å². The van der Waals surface area contributed by atoms with E-state index in [1.807, 2.05) is 0 Å². The number of carbonyl (C=O) groups is 1. The SMILES string of the molecule is Cn1cncc1COc1ccc([N+](=O)[O-])cc1C(=O)O. The van der Waals surface area contributed by atoms with Gasteiger partial charge in [-0.15, -0.1) is 0 Å². The number of imidazole rings is 1. The van der Waals surface area contributed by atoms with Gasteiger partial charge in [-0.05, 0) is 6.07 Å². The van der Waals surface area contributed by atoms with E-state index < -0.39 is 10.9 Å². The van der Waals surface area contributed by atoms with E-state index in [0.29, 0.717) is 0 Å². The molecular formula is C12H11N3O5. The average molecular weight is 277 g/mol. The average Bonchev–Trinajstić information content (AvgIpc) is 2.81. The van der Waals surface area contributed by atoms with Crippen LogP contribution in [0.15, 0.2) is 30.7 Å². The Labute approximate surface area is 113 Å². The predicted octanol–water partition coefficient (Wildman–Crippen LogP) is 1.61. The van der Waals surface area contributed by atoms with Crippen LogP contribution in [-0.2, 0) is 13.7 Å². The van der Waals surface area contributed by atoms with E-state index in [1.54, 1.807) is 24.1 Å². The lowest BCUT2D eigenvalue weighted by atomic mass is 10.2. The zero-order chi connectivity index (χ0) is 14.7. The Hall–Kier alpha value is -2.90. The maximum absolute atomic E-state index is 11.1. The summed E-state index contributed by atoms with van der Waals surface area (Å²) in [5.41, 5.74) is 0.205. The standard InChI is InChI=1S/C12H11N3O5/c1-14-7-13-5-9(14)6-20-11-3-2-8(15(18)19)4-10(11)12(16)17/h2-5,7H,6H2,1H3,(H,16,17). The first-order valence-electron chi connectivity index (χ1n) is 5.58. The number of carboxylic acid groups (broad SMARTS) is 1. The number of aryl methyl sites for hydroxylation is 1. The molecule has 0 bridgehead atoms. The zero-order valence-electron chi connectivity index (χ0n) is 10.5. The number of benzene rings is 1. The summed E-state index contributed by atoms with van der Waals surface area (Å²) >= 11 is 0. The number of nitro benzene ring substituents is 1. The molecule has 0 fully saturated rings. The topological polar surface area (TPSA) is 107 Å². The van der Waals surface area contributed by atoms with Crippen molar-refractivity contribution in [2.45, 2.75) is 6.61 Å². The Bertz CT molecular complexity index is 665. The van der Waals surface area contributed by atoms with Crippen LogP contribution in [-0.4, -0.2) is 25.6 Å². The largest absolute Gasteiger partial charge is 0.486 e. The monoisotopic (exact) mass is 277 g/mol. The first-order chi connectivity index (χ1) is 9.49. The van der Waals surface area contributed by atoms with Crippen LogP contribution in [0.5, 0.6) is 5.75 Å². The van der Waals surface area contributed by atoms with Gasteiger partial charge >= 0.3 is 5.97 Å². The Morgan fingerprint density at radius 2 is 2.30 bits per heavy atom. The van der Waals surface area contributed by atoms with Crippen LogP contribution in [0.4, 0.5) is 5.69 Å². The van der Waals surface area contributed by atoms with Crippen molar-refractivity contribution in [1.29, 1.82) is 0 Å².